The summed E-state index contributed by atoms with van der Waals surface area (Å²) in [7, 11) is 0. The maximum absolute atomic E-state index is 13.0. The smallest absolute Gasteiger partial charge is 0.231 e. The first-order valence-electron chi connectivity index (χ1n) is 9.65. The Morgan fingerprint density at radius 1 is 1.00 bits per heavy atom. The van der Waals surface area contributed by atoms with E-state index in [0.717, 1.165) is 27.9 Å². The average Bonchev–Trinajstić information content (AvgIpc) is 3.41. The summed E-state index contributed by atoms with van der Waals surface area (Å²) in [6, 6.07) is 20.4. The van der Waals surface area contributed by atoms with Gasteiger partial charge >= 0.3 is 0 Å². The Kier molecular flexibility index (Phi) is 4.79. The molecule has 6 heteroatoms. The largest absolute Gasteiger partial charge is 0.315 e. The van der Waals surface area contributed by atoms with Gasteiger partial charge in [-0.25, -0.2) is 4.98 Å². The molecule has 1 saturated heterocycles. The number of pyridine rings is 1. The molecule has 0 spiro atoms. The van der Waals surface area contributed by atoms with Gasteiger partial charge in [0, 0.05) is 31.4 Å². The van der Waals surface area contributed by atoms with Gasteiger partial charge in [0.2, 0.25) is 5.91 Å². The predicted molar refractivity (Wildman–Crippen MR) is 117 cm³/mol. The maximum atomic E-state index is 13.0. The average molecular weight is 401 g/mol. The number of hydrogen-bond acceptors (Lipinski definition) is 5. The van der Waals surface area contributed by atoms with Crippen LogP contribution in [0.15, 0.2) is 73.1 Å². The van der Waals surface area contributed by atoms with Crippen LogP contribution in [0.2, 0.25) is 0 Å². The second kappa shape index (κ2) is 7.73. The Bertz CT molecular complexity index is 1140. The molecule has 2 aromatic carbocycles. The topological polar surface area (TPSA) is 66.9 Å². The Morgan fingerprint density at radius 3 is 2.66 bits per heavy atom. The summed E-state index contributed by atoms with van der Waals surface area (Å²) in [6.45, 7) is 1.50. The van der Waals surface area contributed by atoms with Gasteiger partial charge in [-0.2, -0.15) is 0 Å². The fourth-order valence-electron chi connectivity index (χ4n) is 3.90. The maximum Gasteiger partial charge on any atom is 0.231 e. The number of amides is 1. The monoisotopic (exact) mass is 400 g/mol. The number of nitrogens with zero attached hydrogens (tertiary/aromatic N) is 2. The van der Waals surface area contributed by atoms with Crippen molar-refractivity contribution in [3.8, 4) is 11.1 Å². The summed E-state index contributed by atoms with van der Waals surface area (Å²) < 4.78 is 1.05. The van der Waals surface area contributed by atoms with E-state index in [2.05, 4.69) is 44.9 Å². The lowest BCUT2D eigenvalue weighted by molar-refractivity contribution is -0.119. The lowest BCUT2D eigenvalue weighted by atomic mass is 9.88. The van der Waals surface area contributed by atoms with E-state index in [1.807, 2.05) is 36.4 Å². The molecule has 3 heterocycles. The molecule has 0 unspecified atom stereocenters. The predicted octanol–water partition coefficient (Wildman–Crippen LogP) is 4.30. The molecule has 5 rings (SSSR count). The highest BCUT2D eigenvalue weighted by Gasteiger charge is 2.34. The SMILES string of the molecule is O=C(Nc1nc2ccc(-c3ccncc3)cc2s1)[C@H]1CNC[C@@H]1c1ccccc1. The van der Waals surface area contributed by atoms with Crippen molar-refractivity contribution in [3.63, 3.8) is 0 Å². The molecule has 4 aromatic rings. The zero-order valence-corrected chi connectivity index (χ0v) is 16.5. The number of carbonyl (C=O) groups is 1. The lowest BCUT2D eigenvalue weighted by Crippen LogP contribution is -2.28. The van der Waals surface area contributed by atoms with Crippen LogP contribution in [0.1, 0.15) is 11.5 Å². The van der Waals surface area contributed by atoms with Crippen molar-refractivity contribution in [2.75, 3.05) is 18.4 Å². The fraction of sp³-hybridized carbons (Fsp3) is 0.174. The minimum Gasteiger partial charge on any atom is -0.315 e. The van der Waals surface area contributed by atoms with Gasteiger partial charge < -0.3 is 10.6 Å². The number of anilines is 1. The van der Waals surface area contributed by atoms with Crippen molar-refractivity contribution in [2.24, 2.45) is 5.92 Å². The van der Waals surface area contributed by atoms with Gasteiger partial charge in [0.1, 0.15) is 0 Å². The van der Waals surface area contributed by atoms with E-state index >= 15 is 0 Å². The van der Waals surface area contributed by atoms with Crippen LogP contribution in [-0.4, -0.2) is 29.0 Å². The van der Waals surface area contributed by atoms with Crippen molar-refractivity contribution < 1.29 is 4.79 Å². The van der Waals surface area contributed by atoms with E-state index in [1.54, 1.807) is 12.4 Å². The Hall–Kier alpha value is -3.09. The van der Waals surface area contributed by atoms with Crippen LogP contribution in [0.3, 0.4) is 0 Å². The van der Waals surface area contributed by atoms with Crippen LogP contribution >= 0.6 is 11.3 Å². The van der Waals surface area contributed by atoms with Crippen molar-refractivity contribution >= 4 is 32.6 Å². The van der Waals surface area contributed by atoms with Gasteiger partial charge in [0.25, 0.3) is 0 Å². The van der Waals surface area contributed by atoms with E-state index in [1.165, 1.54) is 16.9 Å². The molecule has 0 aliphatic carbocycles. The Labute approximate surface area is 172 Å². The standard InChI is InChI=1S/C23H20N4OS/c28-22(19-14-25-13-18(19)16-4-2-1-3-5-16)27-23-26-20-7-6-17(12-21(20)29-23)15-8-10-24-11-9-15/h1-12,18-19,25H,13-14H2,(H,26,27,28)/t18-,19+/m1/s1. The number of hydrogen-bond donors (Lipinski definition) is 2. The molecule has 0 saturated carbocycles. The van der Waals surface area contributed by atoms with Crippen LogP contribution in [0.25, 0.3) is 21.3 Å². The number of fused-ring (bicyclic) bond motifs is 1. The molecule has 0 radical (unpaired) electrons. The summed E-state index contributed by atoms with van der Waals surface area (Å²) in [5.41, 5.74) is 4.32. The van der Waals surface area contributed by atoms with Crippen molar-refractivity contribution in [1.29, 1.82) is 0 Å². The fourth-order valence-corrected chi connectivity index (χ4v) is 4.81. The molecule has 0 bridgehead atoms. The summed E-state index contributed by atoms with van der Waals surface area (Å²) in [6.07, 6.45) is 3.58. The van der Waals surface area contributed by atoms with Crippen molar-refractivity contribution in [1.82, 2.24) is 15.3 Å². The number of nitrogens with one attached hydrogen (secondary N) is 2. The second-order valence-electron chi connectivity index (χ2n) is 7.21. The third-order valence-electron chi connectivity index (χ3n) is 5.41. The third kappa shape index (κ3) is 3.64. The van der Waals surface area contributed by atoms with E-state index in [9.17, 15) is 4.79 Å². The van der Waals surface area contributed by atoms with Gasteiger partial charge in [-0.05, 0) is 41.0 Å². The molecular formula is C23H20N4OS. The van der Waals surface area contributed by atoms with Crippen molar-refractivity contribution in [2.45, 2.75) is 5.92 Å². The summed E-state index contributed by atoms with van der Waals surface area (Å²) in [4.78, 5) is 21.7. The van der Waals surface area contributed by atoms with Crippen molar-refractivity contribution in [3.05, 3.63) is 78.6 Å². The van der Waals surface area contributed by atoms with Gasteiger partial charge in [-0.3, -0.25) is 9.78 Å². The molecule has 1 fully saturated rings. The Balaban J connectivity index is 1.36. The molecule has 1 aliphatic heterocycles. The zero-order valence-electron chi connectivity index (χ0n) is 15.7. The van der Waals surface area contributed by atoms with Gasteiger partial charge in [0.15, 0.2) is 5.13 Å². The number of thiazole rings is 1. The highest BCUT2D eigenvalue weighted by Crippen LogP contribution is 2.32. The summed E-state index contributed by atoms with van der Waals surface area (Å²) in [5, 5.41) is 7.06. The van der Waals surface area contributed by atoms with E-state index in [0.29, 0.717) is 11.7 Å². The first-order chi connectivity index (χ1) is 14.3. The zero-order chi connectivity index (χ0) is 19.6. The summed E-state index contributed by atoms with van der Waals surface area (Å²) >= 11 is 1.51. The molecule has 1 aliphatic rings. The third-order valence-corrected chi connectivity index (χ3v) is 6.34. The molecule has 5 nitrogen and oxygen atoms in total. The van der Waals surface area contributed by atoms with Crippen LogP contribution in [-0.2, 0) is 4.79 Å². The molecular weight excluding hydrogens is 380 g/mol. The highest BCUT2D eigenvalue weighted by atomic mass is 32.1. The van der Waals surface area contributed by atoms with Crippen LogP contribution in [0.5, 0.6) is 0 Å². The lowest BCUT2D eigenvalue weighted by Gasteiger charge is -2.17. The molecule has 29 heavy (non-hydrogen) atoms. The number of carbonyl (C=O) groups excluding carboxylic acids is 1. The van der Waals surface area contributed by atoms with Crippen LogP contribution in [0, 0.1) is 5.92 Å². The molecule has 144 valence electrons. The first-order valence-corrected chi connectivity index (χ1v) is 10.5. The highest BCUT2D eigenvalue weighted by molar-refractivity contribution is 7.22. The normalized spacial score (nSPS) is 18.8. The molecule has 1 amide bonds. The van der Waals surface area contributed by atoms with Gasteiger partial charge in [-0.15, -0.1) is 0 Å². The Morgan fingerprint density at radius 2 is 1.83 bits per heavy atom. The summed E-state index contributed by atoms with van der Waals surface area (Å²) in [5.74, 6) is 0.109. The molecule has 2 atom stereocenters. The second-order valence-corrected chi connectivity index (χ2v) is 8.24. The molecule has 2 aromatic heterocycles. The van der Waals surface area contributed by atoms with E-state index in [4.69, 9.17) is 0 Å². The minimum atomic E-state index is -0.100. The van der Waals surface area contributed by atoms with E-state index < -0.39 is 0 Å². The number of benzene rings is 2. The number of aromatic nitrogens is 2. The van der Waals surface area contributed by atoms with E-state index in [-0.39, 0.29) is 17.7 Å². The molecule has 2 N–H and O–H groups in total. The van der Waals surface area contributed by atoms with Gasteiger partial charge in [0.05, 0.1) is 16.1 Å². The van der Waals surface area contributed by atoms with Gasteiger partial charge in [-0.1, -0.05) is 47.7 Å². The first kappa shape index (κ1) is 18.0. The quantitative estimate of drug-likeness (QED) is 0.536. The number of rotatable bonds is 4. The van der Waals surface area contributed by atoms with Crippen LogP contribution < -0.4 is 10.6 Å². The minimum absolute atomic E-state index is 0.0252. The van der Waals surface area contributed by atoms with Crippen LogP contribution in [0.4, 0.5) is 5.13 Å².